The molecular weight excluding hydrogens is 238 g/mol. The number of nitrogens with two attached hydrogens (primary N) is 1. The van der Waals surface area contributed by atoms with Crippen molar-refractivity contribution in [2.24, 2.45) is 0 Å². The molecule has 1 aromatic rings. The van der Waals surface area contributed by atoms with Gasteiger partial charge in [0.25, 0.3) is 0 Å². The number of thioether (sulfide) groups is 1. The Labute approximate surface area is 105 Å². The SMILES string of the molecule is CSCC(C)N(C)c1cc(C(=O)O)c(N)cn1. The van der Waals surface area contributed by atoms with Gasteiger partial charge in [-0.2, -0.15) is 11.8 Å². The largest absolute Gasteiger partial charge is 0.478 e. The summed E-state index contributed by atoms with van der Waals surface area (Å²) >= 11 is 1.74. The number of hydrogen-bond acceptors (Lipinski definition) is 5. The van der Waals surface area contributed by atoms with Gasteiger partial charge in [0.2, 0.25) is 0 Å². The van der Waals surface area contributed by atoms with Crippen LogP contribution < -0.4 is 10.6 Å². The van der Waals surface area contributed by atoms with Gasteiger partial charge in [0.1, 0.15) is 5.82 Å². The fourth-order valence-electron chi connectivity index (χ4n) is 1.41. The van der Waals surface area contributed by atoms with Crippen LogP contribution in [0.5, 0.6) is 0 Å². The molecular formula is C11H17N3O2S. The van der Waals surface area contributed by atoms with Crippen molar-refractivity contribution in [2.45, 2.75) is 13.0 Å². The van der Waals surface area contributed by atoms with Crippen LogP contribution in [0.25, 0.3) is 0 Å². The van der Waals surface area contributed by atoms with Crippen molar-refractivity contribution in [3.8, 4) is 0 Å². The van der Waals surface area contributed by atoms with Crippen LogP contribution in [-0.4, -0.2) is 41.2 Å². The number of carboxylic acid groups (broad SMARTS) is 1. The molecule has 5 nitrogen and oxygen atoms in total. The van der Waals surface area contributed by atoms with Gasteiger partial charge in [0.15, 0.2) is 0 Å². The van der Waals surface area contributed by atoms with Crippen LogP contribution in [0.1, 0.15) is 17.3 Å². The van der Waals surface area contributed by atoms with Crippen LogP contribution in [-0.2, 0) is 0 Å². The van der Waals surface area contributed by atoms with Gasteiger partial charge in [0, 0.05) is 18.8 Å². The molecule has 1 atom stereocenters. The topological polar surface area (TPSA) is 79.5 Å². The van der Waals surface area contributed by atoms with E-state index in [0.29, 0.717) is 5.82 Å². The van der Waals surface area contributed by atoms with Crippen LogP contribution in [0.2, 0.25) is 0 Å². The number of aromatic nitrogens is 1. The number of aromatic carboxylic acids is 1. The van der Waals surface area contributed by atoms with Crippen molar-refractivity contribution >= 4 is 29.2 Å². The van der Waals surface area contributed by atoms with Gasteiger partial charge < -0.3 is 15.7 Å². The molecule has 1 rings (SSSR count). The molecule has 0 fully saturated rings. The lowest BCUT2D eigenvalue weighted by Gasteiger charge is -2.25. The van der Waals surface area contributed by atoms with Crippen molar-refractivity contribution in [1.82, 2.24) is 4.98 Å². The second kappa shape index (κ2) is 5.77. The second-order valence-corrected chi connectivity index (χ2v) is 4.76. The molecule has 0 aliphatic rings. The maximum Gasteiger partial charge on any atom is 0.337 e. The quantitative estimate of drug-likeness (QED) is 0.831. The van der Waals surface area contributed by atoms with Crippen LogP contribution in [0.15, 0.2) is 12.3 Å². The molecule has 0 saturated heterocycles. The molecule has 0 aliphatic heterocycles. The first-order chi connectivity index (χ1) is 7.97. The Morgan fingerprint density at radius 2 is 2.35 bits per heavy atom. The highest BCUT2D eigenvalue weighted by Crippen LogP contribution is 2.19. The van der Waals surface area contributed by atoms with E-state index in [1.165, 1.54) is 12.3 Å². The zero-order valence-electron chi connectivity index (χ0n) is 10.2. The third-order valence-electron chi connectivity index (χ3n) is 2.58. The maximum absolute atomic E-state index is 11.0. The second-order valence-electron chi connectivity index (χ2n) is 3.85. The molecule has 0 bridgehead atoms. The average molecular weight is 255 g/mol. The van der Waals surface area contributed by atoms with Gasteiger partial charge in [-0.3, -0.25) is 0 Å². The molecule has 0 spiro atoms. The molecule has 0 aliphatic carbocycles. The monoisotopic (exact) mass is 255 g/mol. The van der Waals surface area contributed by atoms with Crippen LogP contribution in [0.3, 0.4) is 0 Å². The minimum Gasteiger partial charge on any atom is -0.478 e. The van der Waals surface area contributed by atoms with Crippen molar-refractivity contribution in [1.29, 1.82) is 0 Å². The molecule has 1 aromatic heterocycles. The molecule has 0 radical (unpaired) electrons. The van der Waals surface area contributed by atoms with E-state index in [0.717, 1.165) is 5.75 Å². The van der Waals surface area contributed by atoms with Gasteiger partial charge in [-0.1, -0.05) is 0 Å². The van der Waals surface area contributed by atoms with Crippen molar-refractivity contribution in [3.05, 3.63) is 17.8 Å². The fraction of sp³-hybridized carbons (Fsp3) is 0.455. The number of carboxylic acids is 1. The standard InChI is InChI=1S/C11H17N3O2S/c1-7(6-17-3)14(2)10-4-8(11(15)16)9(12)5-13-10/h4-5,7H,6,12H2,1-3H3,(H,15,16). The third-order valence-corrected chi connectivity index (χ3v) is 3.40. The van der Waals surface area contributed by atoms with Crippen molar-refractivity contribution in [2.75, 3.05) is 29.7 Å². The summed E-state index contributed by atoms with van der Waals surface area (Å²) in [5.74, 6) is 0.542. The van der Waals surface area contributed by atoms with E-state index in [1.807, 2.05) is 18.2 Å². The number of nitrogens with zero attached hydrogens (tertiary/aromatic N) is 2. The zero-order chi connectivity index (χ0) is 13.0. The number of carbonyl (C=O) groups is 1. The zero-order valence-corrected chi connectivity index (χ0v) is 11.0. The van der Waals surface area contributed by atoms with Gasteiger partial charge in [-0.05, 0) is 19.2 Å². The molecule has 0 saturated carbocycles. The molecule has 94 valence electrons. The minimum absolute atomic E-state index is 0.0956. The Kier molecular flexibility index (Phi) is 4.62. The van der Waals surface area contributed by atoms with E-state index in [1.54, 1.807) is 11.8 Å². The maximum atomic E-state index is 11.0. The lowest BCUT2D eigenvalue weighted by atomic mass is 10.2. The van der Waals surface area contributed by atoms with Gasteiger partial charge in [-0.25, -0.2) is 9.78 Å². The first-order valence-electron chi connectivity index (χ1n) is 5.18. The number of nitrogen functional groups attached to an aromatic ring is 1. The van der Waals surface area contributed by atoms with Crippen molar-refractivity contribution in [3.63, 3.8) is 0 Å². The highest BCUT2D eigenvalue weighted by atomic mass is 32.2. The summed E-state index contributed by atoms with van der Waals surface area (Å²) in [4.78, 5) is 17.1. The highest BCUT2D eigenvalue weighted by molar-refractivity contribution is 7.98. The Hall–Kier alpha value is -1.43. The first-order valence-corrected chi connectivity index (χ1v) is 6.57. The summed E-state index contributed by atoms with van der Waals surface area (Å²) in [6, 6.07) is 1.79. The molecule has 1 heterocycles. The fourth-order valence-corrected chi connectivity index (χ4v) is 2.12. The smallest absolute Gasteiger partial charge is 0.337 e. The van der Waals surface area contributed by atoms with Gasteiger partial charge in [0.05, 0.1) is 17.4 Å². The summed E-state index contributed by atoms with van der Waals surface area (Å²) in [5, 5.41) is 8.98. The number of rotatable bonds is 5. The highest BCUT2D eigenvalue weighted by Gasteiger charge is 2.15. The molecule has 17 heavy (non-hydrogen) atoms. The van der Waals surface area contributed by atoms with E-state index in [4.69, 9.17) is 10.8 Å². The number of anilines is 2. The van der Waals surface area contributed by atoms with Crippen LogP contribution >= 0.6 is 11.8 Å². The first kappa shape index (κ1) is 13.6. The van der Waals surface area contributed by atoms with Gasteiger partial charge >= 0.3 is 5.97 Å². The predicted octanol–water partition coefficient (Wildman–Crippen LogP) is 1.55. The van der Waals surface area contributed by atoms with Crippen molar-refractivity contribution < 1.29 is 9.90 Å². The Morgan fingerprint density at radius 3 is 2.88 bits per heavy atom. The van der Waals surface area contributed by atoms with Crippen LogP contribution in [0, 0.1) is 0 Å². The summed E-state index contributed by atoms with van der Waals surface area (Å²) in [6.07, 6.45) is 3.42. The number of pyridine rings is 1. The third kappa shape index (κ3) is 3.26. The lowest BCUT2D eigenvalue weighted by Crippen LogP contribution is -2.31. The van der Waals surface area contributed by atoms with E-state index in [-0.39, 0.29) is 17.3 Å². The van der Waals surface area contributed by atoms with E-state index >= 15 is 0 Å². The van der Waals surface area contributed by atoms with E-state index in [9.17, 15) is 4.79 Å². The Bertz CT molecular complexity index is 412. The van der Waals surface area contributed by atoms with E-state index in [2.05, 4.69) is 11.9 Å². The lowest BCUT2D eigenvalue weighted by molar-refractivity contribution is 0.0698. The van der Waals surface area contributed by atoms with Gasteiger partial charge in [-0.15, -0.1) is 0 Å². The Balaban J connectivity index is 2.99. The summed E-state index contributed by atoms with van der Waals surface area (Å²) in [6.45, 7) is 2.06. The molecule has 3 N–H and O–H groups in total. The van der Waals surface area contributed by atoms with Crippen LogP contribution in [0.4, 0.5) is 11.5 Å². The number of hydrogen-bond donors (Lipinski definition) is 2. The summed E-state index contributed by atoms with van der Waals surface area (Å²) < 4.78 is 0. The van der Waals surface area contributed by atoms with E-state index < -0.39 is 5.97 Å². The summed E-state index contributed by atoms with van der Waals surface area (Å²) in [7, 11) is 1.89. The predicted molar refractivity (Wildman–Crippen MR) is 71.9 cm³/mol. The molecule has 0 aromatic carbocycles. The minimum atomic E-state index is -1.03. The molecule has 6 heteroatoms. The molecule has 1 unspecified atom stereocenters. The molecule has 0 amide bonds. The summed E-state index contributed by atoms with van der Waals surface area (Å²) in [5.41, 5.74) is 5.84. The normalized spacial score (nSPS) is 12.2. The Morgan fingerprint density at radius 1 is 1.71 bits per heavy atom. The average Bonchev–Trinajstić information content (AvgIpc) is 2.28.